The normalized spacial score (nSPS) is 9.00. The summed E-state index contributed by atoms with van der Waals surface area (Å²) in [7, 11) is 0. The molecule has 0 aliphatic carbocycles. The van der Waals surface area contributed by atoms with Gasteiger partial charge in [0.05, 0.1) is 0 Å². The summed E-state index contributed by atoms with van der Waals surface area (Å²) in [6.45, 7) is 0. The third kappa shape index (κ3) is 2.85. The van der Waals surface area contributed by atoms with E-state index < -0.39 is 6.29 Å². The van der Waals surface area contributed by atoms with Crippen LogP contribution in [0.2, 0.25) is 0 Å². The molecular weight excluding hydrogens is 140 g/mol. The van der Waals surface area contributed by atoms with E-state index in [2.05, 4.69) is 11.8 Å². The second-order valence-electron chi connectivity index (χ2n) is 2.01. The zero-order chi connectivity index (χ0) is 8.10. The van der Waals surface area contributed by atoms with Crippen molar-refractivity contribution in [1.82, 2.24) is 0 Å². The Hall–Kier alpha value is -1.30. The number of benzene rings is 1. The maximum absolute atomic E-state index is 8.40. The Kier molecular flexibility index (Phi) is 2.67. The minimum absolute atomic E-state index is 0.778. The summed E-state index contributed by atoms with van der Waals surface area (Å²) in [6.07, 6.45) is -1.55. The van der Waals surface area contributed by atoms with Gasteiger partial charge in [0.15, 0.2) is 0 Å². The van der Waals surface area contributed by atoms with Crippen molar-refractivity contribution in [1.29, 1.82) is 0 Å². The molecule has 0 aliphatic rings. The van der Waals surface area contributed by atoms with E-state index in [0.29, 0.717) is 0 Å². The molecule has 2 nitrogen and oxygen atoms in total. The second kappa shape index (κ2) is 3.77. The highest BCUT2D eigenvalue weighted by Gasteiger charge is 1.85. The van der Waals surface area contributed by atoms with Gasteiger partial charge in [-0.05, 0) is 18.1 Å². The van der Waals surface area contributed by atoms with Gasteiger partial charge in [0.25, 0.3) is 0 Å². The molecule has 1 aromatic rings. The van der Waals surface area contributed by atoms with Gasteiger partial charge in [0.2, 0.25) is 6.29 Å². The van der Waals surface area contributed by atoms with Crippen molar-refractivity contribution in [2.24, 2.45) is 0 Å². The molecular formula is C9H8O2. The maximum atomic E-state index is 8.40. The van der Waals surface area contributed by atoms with E-state index in [9.17, 15) is 0 Å². The molecule has 0 saturated heterocycles. The van der Waals surface area contributed by atoms with Gasteiger partial charge in [0.1, 0.15) is 0 Å². The van der Waals surface area contributed by atoms with Crippen LogP contribution < -0.4 is 0 Å². The summed E-state index contributed by atoms with van der Waals surface area (Å²) in [4.78, 5) is 0. The molecule has 0 heterocycles. The van der Waals surface area contributed by atoms with Gasteiger partial charge in [-0.3, -0.25) is 0 Å². The van der Waals surface area contributed by atoms with Crippen molar-refractivity contribution in [3.05, 3.63) is 35.9 Å². The molecule has 0 amide bonds. The van der Waals surface area contributed by atoms with Crippen molar-refractivity contribution in [2.45, 2.75) is 6.29 Å². The molecule has 0 aromatic heterocycles. The minimum atomic E-state index is -1.55. The second-order valence-corrected chi connectivity index (χ2v) is 2.01. The Balaban J connectivity index is 2.75. The summed E-state index contributed by atoms with van der Waals surface area (Å²) >= 11 is 0. The van der Waals surface area contributed by atoms with Crippen LogP contribution in [0, 0.1) is 11.8 Å². The van der Waals surface area contributed by atoms with Crippen LogP contribution in [0.1, 0.15) is 5.56 Å². The first kappa shape index (κ1) is 7.80. The highest BCUT2D eigenvalue weighted by Crippen LogP contribution is 1.94. The van der Waals surface area contributed by atoms with Crippen molar-refractivity contribution < 1.29 is 10.2 Å². The fourth-order valence-electron chi connectivity index (χ4n) is 0.669. The summed E-state index contributed by atoms with van der Waals surface area (Å²) in [5.74, 6) is 4.82. The van der Waals surface area contributed by atoms with Crippen LogP contribution in [-0.2, 0) is 0 Å². The van der Waals surface area contributed by atoms with Crippen LogP contribution in [0.15, 0.2) is 30.3 Å². The molecule has 11 heavy (non-hydrogen) atoms. The Morgan fingerprint density at radius 3 is 2.27 bits per heavy atom. The molecule has 1 rings (SSSR count). The quantitative estimate of drug-likeness (QED) is 0.411. The molecule has 0 atom stereocenters. The zero-order valence-corrected chi connectivity index (χ0v) is 5.86. The molecule has 56 valence electrons. The van der Waals surface area contributed by atoms with Crippen LogP contribution in [0.25, 0.3) is 0 Å². The van der Waals surface area contributed by atoms with Crippen molar-refractivity contribution in [3.8, 4) is 11.8 Å². The van der Waals surface area contributed by atoms with Gasteiger partial charge in [-0.2, -0.15) is 0 Å². The number of aliphatic hydroxyl groups excluding tert-OH is 1. The summed E-state index contributed by atoms with van der Waals surface area (Å²) < 4.78 is 0. The first-order valence-electron chi connectivity index (χ1n) is 3.22. The predicted octanol–water partition coefficient (Wildman–Crippen LogP) is 0.349. The van der Waals surface area contributed by atoms with Crippen molar-refractivity contribution in [2.75, 3.05) is 0 Å². The van der Waals surface area contributed by atoms with E-state index in [-0.39, 0.29) is 0 Å². The van der Waals surface area contributed by atoms with Crippen LogP contribution in [0.5, 0.6) is 0 Å². The highest BCUT2D eigenvalue weighted by atomic mass is 16.5. The molecule has 1 aromatic carbocycles. The Morgan fingerprint density at radius 2 is 1.73 bits per heavy atom. The van der Waals surface area contributed by atoms with Crippen molar-refractivity contribution >= 4 is 0 Å². The van der Waals surface area contributed by atoms with Gasteiger partial charge in [-0.1, -0.05) is 24.1 Å². The average Bonchev–Trinajstić information content (AvgIpc) is 2.03. The Bertz CT molecular complexity index is 267. The lowest BCUT2D eigenvalue weighted by Crippen LogP contribution is -1.98. The lowest BCUT2D eigenvalue weighted by Gasteiger charge is -1.88. The first-order chi connectivity index (χ1) is 5.29. The average molecular weight is 148 g/mol. The molecule has 0 saturated carbocycles. The molecule has 0 bridgehead atoms. The first-order valence-corrected chi connectivity index (χ1v) is 3.22. The maximum Gasteiger partial charge on any atom is 0.217 e. The smallest absolute Gasteiger partial charge is 0.217 e. The number of rotatable bonds is 0. The Morgan fingerprint density at radius 1 is 1.09 bits per heavy atom. The van der Waals surface area contributed by atoms with Gasteiger partial charge in [-0.15, -0.1) is 0 Å². The molecule has 0 aliphatic heterocycles. The van der Waals surface area contributed by atoms with Crippen LogP contribution in [-0.4, -0.2) is 16.5 Å². The molecule has 0 radical (unpaired) electrons. The lowest BCUT2D eigenvalue weighted by atomic mass is 10.2. The number of hydrogen-bond acceptors (Lipinski definition) is 2. The van der Waals surface area contributed by atoms with Crippen LogP contribution in [0.3, 0.4) is 0 Å². The molecule has 0 spiro atoms. The minimum Gasteiger partial charge on any atom is -0.358 e. The van der Waals surface area contributed by atoms with E-state index in [1.165, 1.54) is 0 Å². The van der Waals surface area contributed by atoms with Gasteiger partial charge < -0.3 is 10.2 Å². The third-order valence-electron chi connectivity index (χ3n) is 1.12. The molecule has 2 N–H and O–H groups in total. The van der Waals surface area contributed by atoms with Gasteiger partial charge in [0, 0.05) is 5.56 Å². The summed E-state index contributed by atoms with van der Waals surface area (Å²) in [5, 5.41) is 16.8. The van der Waals surface area contributed by atoms with Crippen molar-refractivity contribution in [3.63, 3.8) is 0 Å². The van der Waals surface area contributed by atoms with Crippen LogP contribution in [0.4, 0.5) is 0 Å². The zero-order valence-electron chi connectivity index (χ0n) is 5.86. The summed E-state index contributed by atoms with van der Waals surface area (Å²) in [6, 6.07) is 9.16. The largest absolute Gasteiger partial charge is 0.358 e. The molecule has 0 fully saturated rings. The van der Waals surface area contributed by atoms with E-state index in [0.717, 1.165) is 5.56 Å². The molecule has 2 heteroatoms. The third-order valence-corrected chi connectivity index (χ3v) is 1.12. The SMILES string of the molecule is OC(O)C#Cc1ccccc1. The highest BCUT2D eigenvalue weighted by molar-refractivity contribution is 5.33. The van der Waals surface area contributed by atoms with E-state index in [4.69, 9.17) is 10.2 Å². The number of aliphatic hydroxyl groups is 2. The summed E-state index contributed by atoms with van der Waals surface area (Å²) in [5.41, 5.74) is 0.778. The Labute approximate surface area is 65.1 Å². The topological polar surface area (TPSA) is 40.5 Å². The number of hydrogen-bond donors (Lipinski definition) is 2. The predicted molar refractivity (Wildman–Crippen MR) is 41.5 cm³/mol. The fraction of sp³-hybridized carbons (Fsp3) is 0.111. The fourth-order valence-corrected chi connectivity index (χ4v) is 0.669. The van der Waals surface area contributed by atoms with E-state index >= 15 is 0 Å². The lowest BCUT2D eigenvalue weighted by molar-refractivity contribution is 0.0108. The van der Waals surface area contributed by atoms with E-state index in [1.54, 1.807) is 12.1 Å². The standard InChI is InChI=1S/C9H8O2/c10-9(11)7-6-8-4-2-1-3-5-8/h1-5,9-11H. The van der Waals surface area contributed by atoms with Crippen LogP contribution >= 0.6 is 0 Å². The molecule has 0 unspecified atom stereocenters. The monoisotopic (exact) mass is 148 g/mol. The van der Waals surface area contributed by atoms with Gasteiger partial charge >= 0.3 is 0 Å². The van der Waals surface area contributed by atoms with E-state index in [1.807, 2.05) is 18.2 Å². The van der Waals surface area contributed by atoms with Gasteiger partial charge in [-0.25, -0.2) is 0 Å².